The maximum atomic E-state index is 12.9. The molecule has 1 aliphatic rings. The van der Waals surface area contributed by atoms with Crippen molar-refractivity contribution in [3.63, 3.8) is 0 Å². The number of halogens is 3. The molecule has 1 amide bonds. The molecule has 3 aromatic carbocycles. The zero-order valence-electron chi connectivity index (χ0n) is 20.6. The van der Waals surface area contributed by atoms with Crippen LogP contribution in [0.4, 0.5) is 24.5 Å². The Morgan fingerprint density at radius 2 is 1.59 bits per heavy atom. The summed E-state index contributed by atoms with van der Waals surface area (Å²) < 4.78 is 62.5. The molecular weight excluding hydrogens is 501 g/mol. The molecule has 0 saturated carbocycles. The van der Waals surface area contributed by atoms with E-state index in [1.165, 1.54) is 12.1 Å². The lowest BCUT2D eigenvalue weighted by molar-refractivity contribution is -0.137. The number of carbonyl (C=O) groups excluding carboxylic acids is 1. The summed E-state index contributed by atoms with van der Waals surface area (Å²) in [5, 5.41) is 2.86. The Balaban J connectivity index is 1.35. The topological polar surface area (TPSA) is 66.5 Å². The molecule has 1 fully saturated rings. The predicted octanol–water partition coefficient (Wildman–Crippen LogP) is 6.06. The van der Waals surface area contributed by atoms with Crippen LogP contribution >= 0.6 is 0 Å². The molecule has 0 aliphatic carbocycles. The third-order valence-electron chi connectivity index (χ3n) is 6.79. The van der Waals surface area contributed by atoms with Crippen LogP contribution in [0.1, 0.15) is 42.9 Å². The lowest BCUT2D eigenvalue weighted by Crippen LogP contribution is -2.26. The molecule has 196 valence electrons. The Morgan fingerprint density at radius 3 is 2.16 bits per heavy atom. The van der Waals surface area contributed by atoms with Crippen LogP contribution in [0.5, 0.6) is 0 Å². The Hall–Kier alpha value is -3.33. The van der Waals surface area contributed by atoms with Crippen LogP contribution in [0.2, 0.25) is 0 Å². The summed E-state index contributed by atoms with van der Waals surface area (Å²) in [6.45, 7) is 4.38. The van der Waals surface area contributed by atoms with Gasteiger partial charge in [-0.05, 0) is 73.0 Å². The molecule has 4 rings (SSSR count). The maximum Gasteiger partial charge on any atom is 0.416 e. The fourth-order valence-corrected chi connectivity index (χ4v) is 5.57. The third kappa shape index (κ3) is 6.33. The first kappa shape index (κ1) is 26.7. The Kier molecular flexibility index (Phi) is 7.64. The second-order valence-electron chi connectivity index (χ2n) is 9.37. The van der Waals surface area contributed by atoms with Gasteiger partial charge < -0.3 is 10.2 Å². The number of hydrogen-bond donors (Lipinski definition) is 1. The molecule has 2 unspecified atom stereocenters. The Labute approximate surface area is 215 Å². The number of rotatable bonds is 7. The Bertz CT molecular complexity index is 1340. The summed E-state index contributed by atoms with van der Waals surface area (Å²) >= 11 is 0. The average molecular weight is 531 g/mol. The number of hydrogen-bond acceptors (Lipinski definition) is 4. The number of alkyl halides is 3. The van der Waals surface area contributed by atoms with E-state index in [4.69, 9.17) is 0 Å². The average Bonchev–Trinajstić information content (AvgIpc) is 3.26. The number of nitrogens with zero attached hydrogens (tertiary/aromatic N) is 1. The minimum Gasteiger partial charge on any atom is -0.368 e. The molecule has 0 radical (unpaired) electrons. The highest BCUT2D eigenvalue weighted by Gasteiger charge is 2.33. The molecule has 37 heavy (non-hydrogen) atoms. The van der Waals surface area contributed by atoms with Crippen LogP contribution in [0.3, 0.4) is 0 Å². The monoisotopic (exact) mass is 530 g/mol. The van der Waals surface area contributed by atoms with Gasteiger partial charge in [-0.15, -0.1) is 0 Å². The standard InChI is InChI=1S/C28H29F3N2O3S/c1-3-37(35,36)26-14-4-20(5-15-26)17-27(34)32-24-10-12-25(13-11-24)33-18-22(16-19(33)2)21-6-8-23(9-7-21)28(29,30)31/h4-15,19,22H,3,16-18H2,1-2H3,(H,32,34). The number of carbonyl (C=O) groups is 1. The van der Waals surface area contributed by atoms with Gasteiger partial charge in [0.1, 0.15) is 0 Å². The summed E-state index contributed by atoms with van der Waals surface area (Å²) in [6.07, 6.45) is -3.39. The summed E-state index contributed by atoms with van der Waals surface area (Å²) in [6, 6.07) is 19.5. The molecule has 0 spiro atoms. The number of benzene rings is 3. The summed E-state index contributed by atoms with van der Waals surface area (Å²) in [5.41, 5.74) is 2.59. The molecule has 1 saturated heterocycles. The molecule has 2 atom stereocenters. The van der Waals surface area contributed by atoms with E-state index in [2.05, 4.69) is 17.1 Å². The highest BCUT2D eigenvalue weighted by Crippen LogP contribution is 2.37. The summed E-state index contributed by atoms with van der Waals surface area (Å²) in [5.74, 6) is -0.0551. The lowest BCUT2D eigenvalue weighted by Gasteiger charge is -2.24. The van der Waals surface area contributed by atoms with Crippen LogP contribution in [0.25, 0.3) is 0 Å². The van der Waals surface area contributed by atoms with E-state index < -0.39 is 21.6 Å². The van der Waals surface area contributed by atoms with Gasteiger partial charge >= 0.3 is 6.18 Å². The van der Waals surface area contributed by atoms with E-state index in [9.17, 15) is 26.4 Å². The number of sulfone groups is 1. The van der Waals surface area contributed by atoms with Gasteiger partial charge in [0.15, 0.2) is 9.84 Å². The SMILES string of the molecule is CCS(=O)(=O)c1ccc(CC(=O)Nc2ccc(N3CC(c4ccc(C(F)(F)F)cc4)CC3C)cc2)cc1. The van der Waals surface area contributed by atoms with Gasteiger partial charge in [-0.1, -0.05) is 31.2 Å². The van der Waals surface area contributed by atoms with E-state index >= 15 is 0 Å². The Morgan fingerprint density at radius 1 is 0.973 bits per heavy atom. The molecule has 1 aliphatic heterocycles. The van der Waals surface area contributed by atoms with Crippen molar-refractivity contribution >= 4 is 27.1 Å². The van der Waals surface area contributed by atoms with Crippen LogP contribution in [0.15, 0.2) is 77.7 Å². The summed E-state index contributed by atoms with van der Waals surface area (Å²) in [4.78, 5) is 15.0. The van der Waals surface area contributed by atoms with Gasteiger partial charge in [0, 0.05) is 29.9 Å². The van der Waals surface area contributed by atoms with Crippen LogP contribution < -0.4 is 10.2 Å². The van der Waals surface area contributed by atoms with E-state index in [1.54, 1.807) is 31.2 Å². The van der Waals surface area contributed by atoms with Gasteiger partial charge in [0.25, 0.3) is 0 Å². The highest BCUT2D eigenvalue weighted by molar-refractivity contribution is 7.91. The summed E-state index contributed by atoms with van der Waals surface area (Å²) in [7, 11) is -3.28. The first-order valence-corrected chi connectivity index (χ1v) is 13.8. The first-order chi connectivity index (χ1) is 17.5. The number of nitrogens with one attached hydrogen (secondary N) is 1. The van der Waals surface area contributed by atoms with Crippen molar-refractivity contribution in [2.24, 2.45) is 0 Å². The molecular formula is C28H29F3N2O3S. The lowest BCUT2D eigenvalue weighted by atomic mass is 9.96. The normalized spacial score (nSPS) is 18.1. The van der Waals surface area contributed by atoms with Crippen molar-refractivity contribution in [2.75, 3.05) is 22.5 Å². The first-order valence-electron chi connectivity index (χ1n) is 12.1. The zero-order chi connectivity index (χ0) is 26.8. The van der Waals surface area contributed by atoms with E-state index in [1.807, 2.05) is 24.3 Å². The van der Waals surface area contributed by atoms with Crippen molar-refractivity contribution in [3.8, 4) is 0 Å². The molecule has 9 heteroatoms. The van der Waals surface area contributed by atoms with Crippen LogP contribution in [-0.2, 0) is 27.2 Å². The van der Waals surface area contributed by atoms with Crippen molar-refractivity contribution in [2.45, 2.75) is 49.7 Å². The molecule has 0 bridgehead atoms. The number of anilines is 2. The van der Waals surface area contributed by atoms with Crippen molar-refractivity contribution in [1.82, 2.24) is 0 Å². The minimum atomic E-state index is -4.34. The number of amides is 1. The molecule has 5 nitrogen and oxygen atoms in total. The minimum absolute atomic E-state index is 0.0226. The smallest absolute Gasteiger partial charge is 0.368 e. The fourth-order valence-electron chi connectivity index (χ4n) is 4.68. The van der Waals surface area contributed by atoms with Crippen molar-refractivity contribution in [1.29, 1.82) is 0 Å². The molecule has 0 aromatic heterocycles. The molecule has 1 heterocycles. The zero-order valence-corrected chi connectivity index (χ0v) is 21.4. The van der Waals surface area contributed by atoms with Crippen LogP contribution in [-0.4, -0.2) is 32.7 Å². The van der Waals surface area contributed by atoms with Crippen LogP contribution in [0, 0.1) is 0 Å². The fraction of sp³-hybridized carbons (Fsp3) is 0.321. The van der Waals surface area contributed by atoms with E-state index in [-0.39, 0.29) is 34.9 Å². The van der Waals surface area contributed by atoms with Crippen molar-refractivity contribution in [3.05, 3.63) is 89.5 Å². The van der Waals surface area contributed by atoms with Gasteiger partial charge in [-0.3, -0.25) is 4.79 Å². The van der Waals surface area contributed by atoms with Gasteiger partial charge in [0.05, 0.1) is 22.6 Å². The van der Waals surface area contributed by atoms with Crippen molar-refractivity contribution < 1.29 is 26.4 Å². The van der Waals surface area contributed by atoms with Gasteiger partial charge in [0.2, 0.25) is 5.91 Å². The maximum absolute atomic E-state index is 12.9. The molecule has 1 N–H and O–H groups in total. The second-order valence-corrected chi connectivity index (χ2v) is 11.7. The van der Waals surface area contributed by atoms with Gasteiger partial charge in [-0.25, -0.2) is 8.42 Å². The molecule has 3 aromatic rings. The predicted molar refractivity (Wildman–Crippen MR) is 139 cm³/mol. The largest absolute Gasteiger partial charge is 0.416 e. The second kappa shape index (κ2) is 10.6. The third-order valence-corrected chi connectivity index (χ3v) is 8.54. The quantitative estimate of drug-likeness (QED) is 0.403. The van der Waals surface area contributed by atoms with E-state index in [0.29, 0.717) is 17.8 Å². The highest BCUT2D eigenvalue weighted by atomic mass is 32.2. The van der Waals surface area contributed by atoms with E-state index in [0.717, 1.165) is 29.8 Å². The van der Waals surface area contributed by atoms with Gasteiger partial charge in [-0.2, -0.15) is 13.2 Å².